The molecule has 0 saturated heterocycles. The van der Waals surface area contributed by atoms with Crippen LogP contribution in [0.3, 0.4) is 0 Å². The molecule has 0 fully saturated rings. The fraction of sp³-hybridized carbons (Fsp3) is 1.00. The van der Waals surface area contributed by atoms with E-state index in [0.29, 0.717) is 12.1 Å². The molecule has 0 rings (SSSR count). The molecular weight excluding hydrogens is 224 g/mol. The lowest BCUT2D eigenvalue weighted by atomic mass is 10.0. The van der Waals surface area contributed by atoms with Crippen molar-refractivity contribution in [2.24, 2.45) is 0 Å². The molecule has 3 nitrogen and oxygen atoms in total. The first-order chi connectivity index (χ1) is 8.20. The maximum Gasteiger partial charge on any atom is 0.0558 e. The SMILES string of the molecule is CC(C)N(CCO)CCCN(C(C)C)C(C)(C)C. The van der Waals surface area contributed by atoms with E-state index < -0.39 is 0 Å². The molecule has 0 atom stereocenters. The van der Waals surface area contributed by atoms with Crippen molar-refractivity contribution in [3.8, 4) is 0 Å². The van der Waals surface area contributed by atoms with Gasteiger partial charge in [-0.3, -0.25) is 9.80 Å². The van der Waals surface area contributed by atoms with Gasteiger partial charge in [0.25, 0.3) is 0 Å². The molecule has 0 aromatic rings. The van der Waals surface area contributed by atoms with Crippen LogP contribution in [0.2, 0.25) is 0 Å². The smallest absolute Gasteiger partial charge is 0.0558 e. The van der Waals surface area contributed by atoms with Crippen molar-refractivity contribution >= 4 is 0 Å². The predicted molar refractivity (Wildman–Crippen MR) is 80.0 cm³/mol. The Hall–Kier alpha value is -0.120. The van der Waals surface area contributed by atoms with E-state index in [1.807, 2.05) is 0 Å². The Morgan fingerprint density at radius 3 is 1.78 bits per heavy atom. The normalized spacial score (nSPS) is 13.3. The van der Waals surface area contributed by atoms with Crippen molar-refractivity contribution in [2.75, 3.05) is 26.2 Å². The summed E-state index contributed by atoms with van der Waals surface area (Å²) in [4.78, 5) is 4.89. The number of hydrogen-bond acceptors (Lipinski definition) is 3. The van der Waals surface area contributed by atoms with Crippen LogP contribution < -0.4 is 0 Å². The summed E-state index contributed by atoms with van der Waals surface area (Å²) in [7, 11) is 0. The zero-order valence-corrected chi connectivity index (χ0v) is 13.5. The molecule has 0 spiro atoms. The molecule has 0 aliphatic carbocycles. The van der Waals surface area contributed by atoms with Crippen LogP contribution in [-0.2, 0) is 0 Å². The summed E-state index contributed by atoms with van der Waals surface area (Å²) in [6.45, 7) is 19.0. The molecule has 110 valence electrons. The van der Waals surface area contributed by atoms with Gasteiger partial charge in [-0.15, -0.1) is 0 Å². The number of aliphatic hydroxyl groups excluding tert-OH is 1. The number of aliphatic hydroxyl groups is 1. The van der Waals surface area contributed by atoms with Crippen molar-refractivity contribution in [2.45, 2.75) is 72.5 Å². The van der Waals surface area contributed by atoms with Crippen molar-refractivity contribution in [3.63, 3.8) is 0 Å². The molecule has 0 bridgehead atoms. The summed E-state index contributed by atoms with van der Waals surface area (Å²) in [5, 5.41) is 9.06. The molecule has 0 aliphatic heterocycles. The Labute approximate surface area is 114 Å². The number of rotatable bonds is 8. The van der Waals surface area contributed by atoms with Gasteiger partial charge < -0.3 is 5.11 Å². The summed E-state index contributed by atoms with van der Waals surface area (Å²) in [5.74, 6) is 0. The molecule has 0 aromatic carbocycles. The van der Waals surface area contributed by atoms with Crippen molar-refractivity contribution in [1.29, 1.82) is 0 Å². The van der Waals surface area contributed by atoms with Gasteiger partial charge in [-0.1, -0.05) is 0 Å². The van der Waals surface area contributed by atoms with Crippen LogP contribution in [0.25, 0.3) is 0 Å². The Morgan fingerprint density at radius 2 is 1.44 bits per heavy atom. The second kappa shape index (κ2) is 8.13. The maximum absolute atomic E-state index is 9.06. The van der Waals surface area contributed by atoms with E-state index in [2.05, 4.69) is 58.3 Å². The van der Waals surface area contributed by atoms with Gasteiger partial charge in [-0.25, -0.2) is 0 Å². The third-order valence-corrected chi connectivity index (χ3v) is 3.45. The standard InChI is InChI=1S/C15H34N2O/c1-13(2)16(11-12-18)9-8-10-17(14(3)4)15(5,6)7/h13-14,18H,8-12H2,1-7H3. The third kappa shape index (κ3) is 6.72. The van der Waals surface area contributed by atoms with E-state index in [4.69, 9.17) is 5.11 Å². The van der Waals surface area contributed by atoms with Gasteiger partial charge in [-0.05, 0) is 61.4 Å². The van der Waals surface area contributed by atoms with E-state index in [9.17, 15) is 0 Å². The van der Waals surface area contributed by atoms with Gasteiger partial charge in [0, 0.05) is 30.7 Å². The lowest BCUT2D eigenvalue weighted by molar-refractivity contribution is 0.0869. The molecule has 0 aliphatic rings. The Kier molecular flexibility index (Phi) is 8.08. The predicted octanol–water partition coefficient (Wildman–Crippen LogP) is 2.59. The zero-order valence-electron chi connectivity index (χ0n) is 13.5. The summed E-state index contributed by atoms with van der Waals surface area (Å²) >= 11 is 0. The third-order valence-electron chi connectivity index (χ3n) is 3.45. The quantitative estimate of drug-likeness (QED) is 0.725. The van der Waals surface area contributed by atoms with Crippen LogP contribution in [0, 0.1) is 0 Å². The van der Waals surface area contributed by atoms with Crippen LogP contribution >= 0.6 is 0 Å². The van der Waals surface area contributed by atoms with Crippen molar-refractivity contribution < 1.29 is 5.11 Å². The molecule has 0 radical (unpaired) electrons. The zero-order chi connectivity index (χ0) is 14.3. The van der Waals surface area contributed by atoms with Crippen LogP contribution in [0.1, 0.15) is 54.9 Å². The fourth-order valence-electron chi connectivity index (χ4n) is 2.57. The van der Waals surface area contributed by atoms with Gasteiger partial charge in [0.05, 0.1) is 6.61 Å². The molecule has 0 saturated carbocycles. The van der Waals surface area contributed by atoms with E-state index in [1.54, 1.807) is 0 Å². The van der Waals surface area contributed by atoms with Crippen LogP contribution in [0.4, 0.5) is 0 Å². The molecule has 18 heavy (non-hydrogen) atoms. The first kappa shape index (κ1) is 17.9. The summed E-state index contributed by atoms with van der Waals surface area (Å²) in [6.07, 6.45) is 1.16. The van der Waals surface area contributed by atoms with Gasteiger partial charge >= 0.3 is 0 Å². The second-order valence-corrected chi connectivity index (χ2v) is 6.66. The molecule has 0 unspecified atom stereocenters. The van der Waals surface area contributed by atoms with E-state index in [0.717, 1.165) is 26.1 Å². The monoisotopic (exact) mass is 258 g/mol. The minimum absolute atomic E-state index is 0.230. The summed E-state index contributed by atoms with van der Waals surface area (Å²) in [6, 6.07) is 1.09. The molecule has 0 aromatic heterocycles. The molecule has 3 heteroatoms. The molecule has 0 amide bonds. The Bertz CT molecular complexity index is 209. The van der Waals surface area contributed by atoms with Crippen LogP contribution in [0.15, 0.2) is 0 Å². The Balaban J connectivity index is 4.20. The lowest BCUT2D eigenvalue weighted by Gasteiger charge is -2.39. The fourth-order valence-corrected chi connectivity index (χ4v) is 2.57. The number of nitrogens with zero attached hydrogens (tertiary/aromatic N) is 2. The van der Waals surface area contributed by atoms with Crippen molar-refractivity contribution in [3.05, 3.63) is 0 Å². The highest BCUT2D eigenvalue weighted by molar-refractivity contribution is 4.79. The molecular formula is C15H34N2O. The average molecular weight is 258 g/mol. The van der Waals surface area contributed by atoms with Gasteiger partial charge in [0.1, 0.15) is 0 Å². The topological polar surface area (TPSA) is 26.7 Å². The largest absolute Gasteiger partial charge is 0.395 e. The molecule has 0 heterocycles. The van der Waals surface area contributed by atoms with Crippen molar-refractivity contribution in [1.82, 2.24) is 9.80 Å². The lowest BCUT2D eigenvalue weighted by Crippen LogP contribution is -2.47. The highest BCUT2D eigenvalue weighted by Crippen LogP contribution is 2.17. The van der Waals surface area contributed by atoms with E-state index in [1.165, 1.54) is 0 Å². The van der Waals surface area contributed by atoms with Crippen LogP contribution in [-0.4, -0.2) is 58.8 Å². The first-order valence-electron chi connectivity index (χ1n) is 7.31. The minimum atomic E-state index is 0.230. The molecule has 1 N–H and O–H groups in total. The maximum atomic E-state index is 9.06. The Morgan fingerprint density at radius 1 is 0.889 bits per heavy atom. The highest BCUT2D eigenvalue weighted by atomic mass is 16.3. The highest BCUT2D eigenvalue weighted by Gasteiger charge is 2.23. The number of hydrogen-bond donors (Lipinski definition) is 1. The van der Waals surface area contributed by atoms with Gasteiger partial charge in [-0.2, -0.15) is 0 Å². The van der Waals surface area contributed by atoms with E-state index >= 15 is 0 Å². The van der Waals surface area contributed by atoms with E-state index in [-0.39, 0.29) is 12.1 Å². The summed E-state index contributed by atoms with van der Waals surface area (Å²) < 4.78 is 0. The van der Waals surface area contributed by atoms with Gasteiger partial charge in [0.15, 0.2) is 0 Å². The van der Waals surface area contributed by atoms with Crippen LogP contribution in [0.5, 0.6) is 0 Å². The first-order valence-corrected chi connectivity index (χ1v) is 7.31. The second-order valence-electron chi connectivity index (χ2n) is 6.66. The average Bonchev–Trinajstić information content (AvgIpc) is 2.19. The summed E-state index contributed by atoms with van der Waals surface area (Å²) in [5.41, 5.74) is 0.230. The van der Waals surface area contributed by atoms with Gasteiger partial charge in [0.2, 0.25) is 0 Å². The minimum Gasteiger partial charge on any atom is -0.395 e.